The molecular formula is C14H21N3. The second-order valence-corrected chi connectivity index (χ2v) is 5.33. The van der Waals surface area contributed by atoms with Crippen LogP contribution in [0.15, 0.2) is 6.07 Å². The Balaban J connectivity index is 1.96. The van der Waals surface area contributed by atoms with E-state index in [4.69, 9.17) is 10.7 Å². The van der Waals surface area contributed by atoms with Crippen LogP contribution in [-0.4, -0.2) is 18.1 Å². The van der Waals surface area contributed by atoms with E-state index in [0.29, 0.717) is 12.6 Å². The molecule has 1 aromatic rings. The molecule has 2 aliphatic carbocycles. The third-order valence-electron chi connectivity index (χ3n) is 4.28. The van der Waals surface area contributed by atoms with E-state index >= 15 is 0 Å². The number of nitrogens with zero attached hydrogens (tertiary/aromatic N) is 2. The maximum atomic E-state index is 5.88. The van der Waals surface area contributed by atoms with Gasteiger partial charge >= 0.3 is 0 Å². The average molecular weight is 231 g/mol. The first-order valence-corrected chi connectivity index (χ1v) is 6.74. The van der Waals surface area contributed by atoms with E-state index < -0.39 is 0 Å². The van der Waals surface area contributed by atoms with Crippen LogP contribution in [0.25, 0.3) is 0 Å². The van der Waals surface area contributed by atoms with Gasteiger partial charge < -0.3 is 10.6 Å². The average Bonchev–Trinajstić information content (AvgIpc) is 2.71. The largest absolute Gasteiger partial charge is 0.356 e. The number of rotatable bonds is 3. The molecule has 0 bridgehead atoms. The van der Waals surface area contributed by atoms with E-state index in [1.54, 1.807) is 0 Å². The van der Waals surface area contributed by atoms with Gasteiger partial charge in [-0.3, -0.25) is 0 Å². The molecule has 2 aliphatic rings. The second kappa shape index (κ2) is 4.30. The summed E-state index contributed by atoms with van der Waals surface area (Å²) in [5.41, 5.74) is 9.83. The predicted octanol–water partition coefficient (Wildman–Crippen LogP) is 2.02. The van der Waals surface area contributed by atoms with E-state index in [-0.39, 0.29) is 0 Å². The van der Waals surface area contributed by atoms with Crippen molar-refractivity contribution in [3.05, 3.63) is 22.9 Å². The van der Waals surface area contributed by atoms with E-state index in [2.05, 4.69) is 18.0 Å². The van der Waals surface area contributed by atoms with Gasteiger partial charge in [0, 0.05) is 30.9 Å². The third kappa shape index (κ3) is 1.82. The third-order valence-corrected chi connectivity index (χ3v) is 4.28. The summed E-state index contributed by atoms with van der Waals surface area (Å²) in [6.07, 6.45) is 7.55. The fourth-order valence-corrected chi connectivity index (χ4v) is 2.91. The van der Waals surface area contributed by atoms with Crippen molar-refractivity contribution >= 4 is 5.82 Å². The van der Waals surface area contributed by atoms with Crippen LogP contribution in [0.2, 0.25) is 0 Å². The Morgan fingerprint density at radius 3 is 2.82 bits per heavy atom. The molecule has 2 N–H and O–H groups in total. The Morgan fingerprint density at radius 2 is 2.18 bits per heavy atom. The number of anilines is 1. The zero-order valence-corrected chi connectivity index (χ0v) is 10.6. The topological polar surface area (TPSA) is 42.2 Å². The Kier molecular flexibility index (Phi) is 2.79. The molecule has 0 unspecified atom stereocenters. The smallest absolute Gasteiger partial charge is 0.133 e. The minimum Gasteiger partial charge on any atom is -0.356 e. The summed E-state index contributed by atoms with van der Waals surface area (Å²) in [5.74, 6) is 1.14. The van der Waals surface area contributed by atoms with Gasteiger partial charge in [0.1, 0.15) is 5.82 Å². The summed E-state index contributed by atoms with van der Waals surface area (Å²) in [4.78, 5) is 7.22. The Bertz CT molecular complexity index is 424. The lowest BCUT2D eigenvalue weighted by atomic mass is 9.91. The molecule has 0 atom stereocenters. The van der Waals surface area contributed by atoms with Crippen LogP contribution in [-0.2, 0) is 19.4 Å². The lowest BCUT2D eigenvalue weighted by molar-refractivity contribution is 0.398. The van der Waals surface area contributed by atoms with Crippen LogP contribution in [0.1, 0.15) is 42.5 Å². The Labute approximate surface area is 103 Å². The zero-order chi connectivity index (χ0) is 11.8. The number of fused-ring (bicyclic) bond motifs is 1. The second-order valence-electron chi connectivity index (χ2n) is 5.33. The van der Waals surface area contributed by atoms with Crippen molar-refractivity contribution < 1.29 is 0 Å². The summed E-state index contributed by atoms with van der Waals surface area (Å²) in [6.45, 7) is 0.604. The normalized spacial score (nSPS) is 18.9. The van der Waals surface area contributed by atoms with Gasteiger partial charge in [0.2, 0.25) is 0 Å². The highest BCUT2D eigenvalue weighted by Crippen LogP contribution is 2.32. The van der Waals surface area contributed by atoms with Crippen LogP contribution < -0.4 is 10.6 Å². The number of hydrogen-bond donors (Lipinski definition) is 1. The van der Waals surface area contributed by atoms with Crippen LogP contribution in [0.3, 0.4) is 0 Å². The molecule has 1 saturated carbocycles. The SMILES string of the molecule is CN(c1nc2c(cc1CN)CCC2)C1CCC1. The van der Waals surface area contributed by atoms with Crippen LogP contribution in [0, 0.1) is 0 Å². The van der Waals surface area contributed by atoms with Gasteiger partial charge in [-0.15, -0.1) is 0 Å². The van der Waals surface area contributed by atoms with Crippen molar-refractivity contribution in [2.75, 3.05) is 11.9 Å². The fourth-order valence-electron chi connectivity index (χ4n) is 2.91. The summed E-state index contributed by atoms with van der Waals surface area (Å²) in [6, 6.07) is 2.98. The van der Waals surface area contributed by atoms with Crippen molar-refractivity contribution in [3.63, 3.8) is 0 Å². The molecule has 17 heavy (non-hydrogen) atoms. The molecule has 3 rings (SSSR count). The summed E-state index contributed by atoms with van der Waals surface area (Å²) < 4.78 is 0. The minimum absolute atomic E-state index is 0.604. The van der Waals surface area contributed by atoms with Gasteiger partial charge in [-0.2, -0.15) is 0 Å². The number of hydrogen-bond acceptors (Lipinski definition) is 3. The van der Waals surface area contributed by atoms with Crippen LogP contribution in [0.4, 0.5) is 5.82 Å². The summed E-state index contributed by atoms with van der Waals surface area (Å²) in [5, 5.41) is 0. The van der Waals surface area contributed by atoms with Crippen molar-refractivity contribution in [2.24, 2.45) is 5.73 Å². The highest BCUT2D eigenvalue weighted by atomic mass is 15.2. The lowest BCUT2D eigenvalue weighted by Gasteiger charge is -2.36. The molecule has 3 nitrogen and oxygen atoms in total. The quantitative estimate of drug-likeness (QED) is 0.865. The first-order chi connectivity index (χ1) is 8.29. The fraction of sp³-hybridized carbons (Fsp3) is 0.643. The van der Waals surface area contributed by atoms with Crippen molar-refractivity contribution in [1.29, 1.82) is 0 Å². The first kappa shape index (κ1) is 11.0. The van der Waals surface area contributed by atoms with Crippen molar-refractivity contribution in [3.8, 4) is 0 Å². The van der Waals surface area contributed by atoms with Crippen molar-refractivity contribution in [1.82, 2.24) is 4.98 Å². The molecular weight excluding hydrogens is 210 g/mol. The minimum atomic E-state index is 0.604. The molecule has 1 fully saturated rings. The predicted molar refractivity (Wildman–Crippen MR) is 70.2 cm³/mol. The van der Waals surface area contributed by atoms with Gasteiger partial charge in [0.25, 0.3) is 0 Å². The number of pyridine rings is 1. The molecule has 0 aromatic carbocycles. The van der Waals surface area contributed by atoms with E-state index in [1.807, 2.05) is 0 Å². The van der Waals surface area contributed by atoms with Gasteiger partial charge in [-0.1, -0.05) is 0 Å². The molecule has 0 aliphatic heterocycles. The number of aromatic nitrogens is 1. The molecule has 0 saturated heterocycles. The lowest BCUT2D eigenvalue weighted by Crippen LogP contribution is -2.38. The number of nitrogens with two attached hydrogens (primary N) is 1. The molecule has 1 heterocycles. The zero-order valence-electron chi connectivity index (χ0n) is 10.6. The molecule has 1 aromatic heterocycles. The van der Waals surface area contributed by atoms with E-state index in [0.717, 1.165) is 12.2 Å². The van der Waals surface area contributed by atoms with Gasteiger partial charge in [-0.25, -0.2) is 4.98 Å². The molecule has 0 amide bonds. The first-order valence-electron chi connectivity index (χ1n) is 6.74. The molecule has 0 radical (unpaired) electrons. The highest BCUT2D eigenvalue weighted by Gasteiger charge is 2.26. The maximum absolute atomic E-state index is 5.88. The van der Waals surface area contributed by atoms with Crippen LogP contribution in [0.5, 0.6) is 0 Å². The molecule has 92 valence electrons. The maximum Gasteiger partial charge on any atom is 0.133 e. The Hall–Kier alpha value is -1.09. The van der Waals surface area contributed by atoms with Gasteiger partial charge in [0.05, 0.1) is 0 Å². The molecule has 3 heteroatoms. The number of aryl methyl sites for hydroxylation is 2. The Morgan fingerprint density at radius 1 is 1.35 bits per heavy atom. The van der Waals surface area contributed by atoms with E-state index in [9.17, 15) is 0 Å². The van der Waals surface area contributed by atoms with E-state index in [1.165, 1.54) is 48.9 Å². The highest BCUT2D eigenvalue weighted by molar-refractivity contribution is 5.51. The monoisotopic (exact) mass is 231 g/mol. The standard InChI is InChI=1S/C14H21N3/c1-17(12-5-3-6-12)14-11(9-15)8-10-4-2-7-13(10)16-14/h8,12H,2-7,9,15H2,1H3. The van der Waals surface area contributed by atoms with Gasteiger partial charge in [-0.05, 0) is 50.2 Å². The molecule has 0 spiro atoms. The summed E-state index contributed by atoms with van der Waals surface area (Å²) >= 11 is 0. The van der Waals surface area contributed by atoms with Crippen LogP contribution >= 0.6 is 0 Å². The van der Waals surface area contributed by atoms with Crippen molar-refractivity contribution in [2.45, 2.75) is 51.1 Å². The van der Waals surface area contributed by atoms with Gasteiger partial charge in [0.15, 0.2) is 0 Å². The summed E-state index contributed by atoms with van der Waals surface area (Å²) in [7, 11) is 2.17.